The van der Waals surface area contributed by atoms with Crippen LogP contribution in [0.1, 0.15) is 62.9 Å². The van der Waals surface area contributed by atoms with Gasteiger partial charge in [-0.3, -0.25) is 4.98 Å². The van der Waals surface area contributed by atoms with Crippen molar-refractivity contribution in [2.24, 2.45) is 5.92 Å². The Labute approximate surface area is 157 Å². The standard InChI is InChI=1S/C25H29N/c1-7-8-9-18-11-10-15(2)23-21(18)24-22-19(12-13-26-24)17(4)16(3)14-20(22)25(23,5)6/h7-8,10,12-14,18H,9,11H2,1-6H3. The zero-order valence-electron chi connectivity index (χ0n) is 16.9. The summed E-state index contributed by atoms with van der Waals surface area (Å²) in [7, 11) is 0. The van der Waals surface area contributed by atoms with E-state index in [9.17, 15) is 0 Å². The molecule has 1 heteroatoms. The fourth-order valence-corrected chi connectivity index (χ4v) is 5.10. The molecule has 0 saturated heterocycles. The summed E-state index contributed by atoms with van der Waals surface area (Å²) in [6.45, 7) is 13.7. The van der Waals surface area contributed by atoms with Crippen molar-refractivity contribution < 1.29 is 0 Å². The third-order valence-electron chi connectivity index (χ3n) is 6.57. The van der Waals surface area contributed by atoms with Gasteiger partial charge in [0, 0.05) is 17.0 Å². The number of rotatable bonds is 2. The van der Waals surface area contributed by atoms with Crippen LogP contribution in [0.5, 0.6) is 0 Å². The van der Waals surface area contributed by atoms with E-state index in [2.05, 4.69) is 71.9 Å². The second kappa shape index (κ2) is 5.94. The Morgan fingerprint density at radius 1 is 1.23 bits per heavy atom. The Balaban J connectivity index is 2.12. The Morgan fingerprint density at radius 2 is 2.00 bits per heavy atom. The lowest BCUT2D eigenvalue weighted by Crippen LogP contribution is -2.30. The van der Waals surface area contributed by atoms with Crippen molar-refractivity contribution in [3.05, 3.63) is 70.1 Å². The van der Waals surface area contributed by atoms with Crippen molar-refractivity contribution in [1.82, 2.24) is 4.98 Å². The molecule has 1 aromatic heterocycles. The number of hydrogen-bond acceptors (Lipinski definition) is 1. The minimum atomic E-state index is 0.0112. The number of benzene rings is 1. The van der Waals surface area contributed by atoms with E-state index in [1.165, 1.54) is 49.9 Å². The summed E-state index contributed by atoms with van der Waals surface area (Å²) in [5, 5.41) is 2.76. The summed E-state index contributed by atoms with van der Waals surface area (Å²) in [6, 6.07) is 4.62. The average molecular weight is 344 g/mol. The van der Waals surface area contributed by atoms with Crippen molar-refractivity contribution in [3.63, 3.8) is 0 Å². The predicted octanol–water partition coefficient (Wildman–Crippen LogP) is 6.83. The normalized spacial score (nSPS) is 21.3. The first-order valence-corrected chi connectivity index (χ1v) is 9.80. The van der Waals surface area contributed by atoms with Crippen molar-refractivity contribution in [1.29, 1.82) is 0 Å². The van der Waals surface area contributed by atoms with Gasteiger partial charge in [0.05, 0.1) is 5.69 Å². The Bertz CT molecular complexity index is 996. The monoisotopic (exact) mass is 343 g/mol. The van der Waals surface area contributed by atoms with Crippen molar-refractivity contribution in [3.8, 4) is 0 Å². The highest BCUT2D eigenvalue weighted by atomic mass is 14.7. The van der Waals surface area contributed by atoms with Gasteiger partial charge in [-0.1, -0.05) is 43.7 Å². The number of aromatic nitrogens is 1. The van der Waals surface area contributed by atoms with Crippen molar-refractivity contribution in [2.75, 3.05) is 0 Å². The van der Waals surface area contributed by atoms with Gasteiger partial charge in [0.1, 0.15) is 0 Å². The van der Waals surface area contributed by atoms with E-state index in [0.29, 0.717) is 5.92 Å². The lowest BCUT2D eigenvalue weighted by molar-refractivity contribution is 0.592. The Hall–Kier alpha value is -2.15. The summed E-state index contributed by atoms with van der Waals surface area (Å²) in [5.74, 6) is 0.525. The van der Waals surface area contributed by atoms with Gasteiger partial charge in [-0.05, 0) is 85.7 Å². The average Bonchev–Trinajstić information content (AvgIpc) is 2.61. The smallest absolute Gasteiger partial charge is 0.0749 e. The van der Waals surface area contributed by atoms with Crippen molar-refractivity contribution >= 4 is 16.3 Å². The zero-order valence-corrected chi connectivity index (χ0v) is 16.9. The highest BCUT2D eigenvalue weighted by Crippen LogP contribution is 2.53. The molecule has 1 nitrogen and oxygen atoms in total. The van der Waals surface area contributed by atoms with E-state index in [4.69, 9.17) is 4.98 Å². The van der Waals surface area contributed by atoms with Crippen LogP contribution in [0.4, 0.5) is 0 Å². The number of hydrogen-bond donors (Lipinski definition) is 0. The maximum Gasteiger partial charge on any atom is 0.0749 e. The van der Waals surface area contributed by atoms with E-state index in [0.717, 1.165) is 12.8 Å². The molecule has 2 aromatic rings. The molecule has 0 saturated carbocycles. The number of fused-ring (bicyclic) bond motifs is 1. The minimum Gasteiger partial charge on any atom is -0.256 e. The largest absolute Gasteiger partial charge is 0.256 e. The van der Waals surface area contributed by atoms with E-state index in [1.807, 2.05) is 6.20 Å². The summed E-state index contributed by atoms with van der Waals surface area (Å²) >= 11 is 0. The van der Waals surface area contributed by atoms with Crippen LogP contribution in [-0.4, -0.2) is 4.98 Å². The van der Waals surface area contributed by atoms with Crippen LogP contribution in [0.25, 0.3) is 16.3 Å². The van der Waals surface area contributed by atoms with Gasteiger partial charge in [0.15, 0.2) is 0 Å². The summed E-state index contributed by atoms with van der Waals surface area (Å²) in [4.78, 5) is 4.94. The fraction of sp³-hybridized carbons (Fsp3) is 0.400. The molecule has 4 rings (SSSR count). The number of pyridine rings is 1. The second-order valence-electron chi connectivity index (χ2n) is 8.49. The third-order valence-corrected chi connectivity index (χ3v) is 6.57. The zero-order chi connectivity index (χ0) is 18.6. The van der Waals surface area contributed by atoms with E-state index >= 15 is 0 Å². The molecule has 0 N–H and O–H groups in total. The Morgan fingerprint density at radius 3 is 2.73 bits per heavy atom. The van der Waals surface area contributed by atoms with Crippen LogP contribution < -0.4 is 0 Å². The summed E-state index contributed by atoms with van der Waals surface area (Å²) < 4.78 is 0. The maximum atomic E-state index is 4.94. The molecule has 134 valence electrons. The van der Waals surface area contributed by atoms with Crippen molar-refractivity contribution in [2.45, 2.75) is 59.8 Å². The minimum absolute atomic E-state index is 0.0112. The van der Waals surface area contributed by atoms with Gasteiger partial charge in [-0.15, -0.1) is 0 Å². The molecule has 0 amide bonds. The molecular formula is C25H29N. The molecular weight excluding hydrogens is 314 g/mol. The first-order valence-electron chi connectivity index (χ1n) is 9.80. The van der Waals surface area contributed by atoms with Gasteiger partial charge >= 0.3 is 0 Å². The van der Waals surface area contributed by atoms with Gasteiger partial charge in [0.2, 0.25) is 0 Å². The molecule has 1 unspecified atom stereocenters. The topological polar surface area (TPSA) is 12.9 Å². The van der Waals surface area contributed by atoms with E-state index in [1.54, 1.807) is 0 Å². The molecule has 0 radical (unpaired) electrons. The molecule has 1 atom stereocenters. The molecule has 26 heavy (non-hydrogen) atoms. The number of aryl methyl sites for hydroxylation is 2. The summed E-state index contributed by atoms with van der Waals surface area (Å²) in [5.41, 5.74) is 9.89. The SMILES string of the molecule is CC=CCC1CC=C(C)C2=C1c1nccc3c(C)c(C)cc(c13)C2(C)C. The molecule has 1 heterocycles. The third kappa shape index (κ3) is 2.26. The molecule has 0 bridgehead atoms. The van der Waals surface area contributed by atoms with Gasteiger partial charge in [-0.25, -0.2) is 0 Å². The van der Waals surface area contributed by atoms with Crippen LogP contribution in [-0.2, 0) is 5.41 Å². The van der Waals surface area contributed by atoms with Gasteiger partial charge < -0.3 is 0 Å². The van der Waals surface area contributed by atoms with E-state index < -0.39 is 0 Å². The maximum absolute atomic E-state index is 4.94. The predicted molar refractivity (Wildman–Crippen MR) is 112 cm³/mol. The second-order valence-corrected chi connectivity index (χ2v) is 8.49. The van der Waals surface area contributed by atoms with Crippen LogP contribution in [0, 0.1) is 19.8 Å². The first-order chi connectivity index (χ1) is 12.4. The van der Waals surface area contributed by atoms with Crippen LogP contribution >= 0.6 is 0 Å². The molecule has 1 aromatic carbocycles. The first kappa shape index (κ1) is 17.3. The van der Waals surface area contributed by atoms with Crippen LogP contribution in [0.2, 0.25) is 0 Å². The van der Waals surface area contributed by atoms with E-state index in [-0.39, 0.29) is 5.41 Å². The van der Waals surface area contributed by atoms with Gasteiger partial charge in [0.25, 0.3) is 0 Å². The summed E-state index contributed by atoms with van der Waals surface area (Å²) in [6.07, 6.45) is 11.1. The molecule has 0 spiro atoms. The number of allylic oxidation sites excluding steroid dienone is 6. The molecule has 0 aliphatic heterocycles. The lowest BCUT2D eigenvalue weighted by Gasteiger charge is -2.42. The highest BCUT2D eigenvalue weighted by Gasteiger charge is 2.40. The van der Waals surface area contributed by atoms with Crippen LogP contribution in [0.15, 0.2) is 47.7 Å². The fourth-order valence-electron chi connectivity index (χ4n) is 5.10. The molecule has 2 aliphatic rings. The highest BCUT2D eigenvalue weighted by molar-refractivity contribution is 6.02. The number of nitrogens with zero attached hydrogens (tertiary/aromatic N) is 1. The lowest BCUT2D eigenvalue weighted by atomic mass is 9.62. The molecule has 2 aliphatic carbocycles. The molecule has 0 fully saturated rings. The van der Waals surface area contributed by atoms with Crippen LogP contribution in [0.3, 0.4) is 0 Å². The Kier molecular flexibility index (Phi) is 3.95. The quantitative estimate of drug-likeness (QED) is 0.545. The van der Waals surface area contributed by atoms with Gasteiger partial charge in [-0.2, -0.15) is 0 Å².